The number of carbonyl (C=O) groups excluding carboxylic acids is 2. The van der Waals surface area contributed by atoms with E-state index in [1.54, 1.807) is 11.8 Å². The predicted octanol–water partition coefficient (Wildman–Crippen LogP) is 2.94. The molecule has 2 aromatic rings. The van der Waals surface area contributed by atoms with Crippen LogP contribution < -0.4 is 5.32 Å². The van der Waals surface area contributed by atoms with Gasteiger partial charge in [0.1, 0.15) is 11.6 Å². The zero-order valence-electron chi connectivity index (χ0n) is 13.6. The zero-order chi connectivity index (χ0) is 18.0. The van der Waals surface area contributed by atoms with Gasteiger partial charge in [0.05, 0.1) is 11.6 Å². The van der Waals surface area contributed by atoms with Crippen molar-refractivity contribution in [2.75, 3.05) is 13.1 Å². The summed E-state index contributed by atoms with van der Waals surface area (Å²) in [6, 6.07) is 3.70. The van der Waals surface area contributed by atoms with E-state index < -0.39 is 11.7 Å². The van der Waals surface area contributed by atoms with Crippen molar-refractivity contribution in [3.63, 3.8) is 0 Å². The van der Waals surface area contributed by atoms with Gasteiger partial charge in [-0.2, -0.15) is 0 Å². The molecule has 0 saturated carbocycles. The lowest BCUT2D eigenvalue weighted by molar-refractivity contribution is 0.0785. The number of rotatable bonds is 4. The maximum absolute atomic E-state index is 13.1. The van der Waals surface area contributed by atoms with Crippen LogP contribution in [-0.4, -0.2) is 34.8 Å². The van der Waals surface area contributed by atoms with E-state index in [1.165, 1.54) is 12.1 Å². The van der Waals surface area contributed by atoms with Crippen LogP contribution in [0.4, 0.5) is 4.39 Å². The summed E-state index contributed by atoms with van der Waals surface area (Å²) >= 11 is 5.67. The lowest BCUT2D eigenvalue weighted by atomic mass is 10.2. The molecule has 0 radical (unpaired) electrons. The Balaban J connectivity index is 1.65. The Morgan fingerprint density at radius 3 is 2.76 bits per heavy atom. The second-order valence-electron chi connectivity index (χ2n) is 5.82. The average molecular weight is 366 g/mol. The first kappa shape index (κ1) is 17.4. The van der Waals surface area contributed by atoms with Crippen molar-refractivity contribution < 1.29 is 18.4 Å². The number of hydrogen-bond donors (Lipinski definition) is 1. The van der Waals surface area contributed by atoms with Gasteiger partial charge in [-0.15, -0.1) is 0 Å². The van der Waals surface area contributed by atoms with Gasteiger partial charge >= 0.3 is 0 Å². The van der Waals surface area contributed by atoms with Crippen molar-refractivity contribution in [2.24, 2.45) is 0 Å². The third-order valence-corrected chi connectivity index (χ3v) is 4.31. The Bertz CT molecular complexity index is 815. The molecule has 0 aliphatic carbocycles. The monoisotopic (exact) mass is 365 g/mol. The lowest BCUT2D eigenvalue weighted by Gasteiger charge is -2.13. The zero-order valence-corrected chi connectivity index (χ0v) is 14.4. The van der Waals surface area contributed by atoms with Gasteiger partial charge in [-0.05, 0) is 38.0 Å². The number of nitrogens with zero attached hydrogens (tertiary/aromatic N) is 2. The molecular formula is C17H17ClFN3O3. The summed E-state index contributed by atoms with van der Waals surface area (Å²) in [5.41, 5.74) is 0.499. The van der Waals surface area contributed by atoms with E-state index in [0.29, 0.717) is 5.76 Å². The fourth-order valence-corrected chi connectivity index (χ4v) is 2.87. The summed E-state index contributed by atoms with van der Waals surface area (Å²) in [6.45, 7) is 3.13. The van der Waals surface area contributed by atoms with Crippen molar-refractivity contribution in [1.29, 1.82) is 0 Å². The molecular weight excluding hydrogens is 349 g/mol. The van der Waals surface area contributed by atoms with E-state index in [1.807, 2.05) is 0 Å². The normalized spacial score (nSPS) is 14.0. The van der Waals surface area contributed by atoms with E-state index >= 15 is 0 Å². The molecule has 1 aliphatic heterocycles. The Morgan fingerprint density at radius 1 is 1.36 bits per heavy atom. The number of carbonyl (C=O) groups is 2. The fourth-order valence-electron chi connectivity index (χ4n) is 2.69. The van der Waals surface area contributed by atoms with Crippen LogP contribution in [0.3, 0.4) is 0 Å². The van der Waals surface area contributed by atoms with Crippen LogP contribution in [0.25, 0.3) is 0 Å². The molecule has 0 spiro atoms. The molecule has 8 heteroatoms. The largest absolute Gasteiger partial charge is 0.443 e. The van der Waals surface area contributed by atoms with Gasteiger partial charge in [0.25, 0.3) is 11.8 Å². The van der Waals surface area contributed by atoms with Crippen LogP contribution in [-0.2, 0) is 6.54 Å². The van der Waals surface area contributed by atoms with Gasteiger partial charge in [0.15, 0.2) is 5.69 Å². The van der Waals surface area contributed by atoms with Gasteiger partial charge in [-0.3, -0.25) is 9.59 Å². The molecule has 0 bridgehead atoms. The van der Waals surface area contributed by atoms with Crippen LogP contribution in [0, 0.1) is 12.7 Å². The van der Waals surface area contributed by atoms with Gasteiger partial charge in [0.2, 0.25) is 5.89 Å². The maximum Gasteiger partial charge on any atom is 0.276 e. The van der Waals surface area contributed by atoms with Crippen LogP contribution in [0.1, 0.15) is 45.3 Å². The summed E-state index contributed by atoms with van der Waals surface area (Å²) in [6.07, 6.45) is 1.98. The number of aryl methyl sites for hydroxylation is 1. The molecule has 0 atom stereocenters. The Morgan fingerprint density at radius 2 is 2.08 bits per heavy atom. The van der Waals surface area contributed by atoms with Gasteiger partial charge < -0.3 is 14.6 Å². The predicted molar refractivity (Wildman–Crippen MR) is 89.0 cm³/mol. The molecule has 2 heterocycles. The van der Waals surface area contributed by atoms with E-state index in [2.05, 4.69) is 10.3 Å². The number of likely N-dealkylation sites (tertiary alicyclic amines) is 1. The fraction of sp³-hybridized carbons (Fsp3) is 0.353. The molecule has 2 amide bonds. The van der Waals surface area contributed by atoms with Crippen molar-refractivity contribution in [3.8, 4) is 0 Å². The quantitative estimate of drug-likeness (QED) is 0.903. The summed E-state index contributed by atoms with van der Waals surface area (Å²) in [5.74, 6) is -0.522. The van der Waals surface area contributed by atoms with Gasteiger partial charge in [0, 0.05) is 18.7 Å². The second-order valence-corrected chi connectivity index (χ2v) is 6.23. The van der Waals surface area contributed by atoms with E-state index in [9.17, 15) is 14.0 Å². The van der Waals surface area contributed by atoms with E-state index in [0.717, 1.165) is 32.0 Å². The molecule has 1 aliphatic rings. The molecule has 1 saturated heterocycles. The first-order valence-electron chi connectivity index (χ1n) is 7.94. The number of benzene rings is 1. The SMILES string of the molecule is Cc1oc(CNC(=O)c2ccc(F)c(Cl)c2)nc1C(=O)N1CCCC1. The van der Waals surface area contributed by atoms with Crippen LogP contribution in [0.15, 0.2) is 22.6 Å². The number of amides is 2. The Hall–Kier alpha value is -2.41. The van der Waals surface area contributed by atoms with Crippen LogP contribution in [0.5, 0.6) is 0 Å². The highest BCUT2D eigenvalue weighted by molar-refractivity contribution is 6.31. The highest BCUT2D eigenvalue weighted by atomic mass is 35.5. The smallest absolute Gasteiger partial charge is 0.276 e. The Labute approximate surface area is 149 Å². The third kappa shape index (κ3) is 3.82. The molecule has 1 aromatic carbocycles. The molecule has 1 N–H and O–H groups in total. The molecule has 1 aromatic heterocycles. The number of oxazole rings is 1. The number of nitrogens with one attached hydrogen (secondary N) is 1. The van der Waals surface area contributed by atoms with Crippen molar-refractivity contribution >= 4 is 23.4 Å². The van der Waals surface area contributed by atoms with Crippen molar-refractivity contribution in [1.82, 2.24) is 15.2 Å². The molecule has 0 unspecified atom stereocenters. The maximum atomic E-state index is 13.1. The van der Waals surface area contributed by atoms with Crippen molar-refractivity contribution in [2.45, 2.75) is 26.3 Å². The highest BCUT2D eigenvalue weighted by Gasteiger charge is 2.25. The summed E-state index contributed by atoms with van der Waals surface area (Å²) in [7, 11) is 0. The number of halogens is 2. The lowest BCUT2D eigenvalue weighted by Crippen LogP contribution is -2.28. The minimum absolute atomic E-state index is 0.0158. The Kier molecular flexibility index (Phi) is 5.03. The number of aromatic nitrogens is 1. The van der Waals surface area contributed by atoms with Crippen LogP contribution in [0.2, 0.25) is 5.02 Å². The second kappa shape index (κ2) is 7.23. The standard InChI is InChI=1S/C17H17ClFN3O3/c1-10-15(17(24)22-6-2-3-7-22)21-14(25-10)9-20-16(23)11-4-5-13(19)12(18)8-11/h4-5,8H,2-3,6-7,9H2,1H3,(H,20,23). The minimum atomic E-state index is -0.591. The first-order chi connectivity index (χ1) is 12.0. The van der Waals surface area contributed by atoms with E-state index in [-0.39, 0.29) is 34.6 Å². The minimum Gasteiger partial charge on any atom is -0.443 e. The van der Waals surface area contributed by atoms with Gasteiger partial charge in [-0.1, -0.05) is 11.6 Å². The number of hydrogen-bond acceptors (Lipinski definition) is 4. The first-order valence-corrected chi connectivity index (χ1v) is 8.32. The van der Waals surface area contributed by atoms with Gasteiger partial charge in [-0.25, -0.2) is 9.37 Å². The summed E-state index contributed by atoms with van der Waals surface area (Å²) < 4.78 is 18.6. The van der Waals surface area contributed by atoms with E-state index in [4.69, 9.17) is 16.0 Å². The topological polar surface area (TPSA) is 75.4 Å². The van der Waals surface area contributed by atoms with Crippen LogP contribution >= 0.6 is 11.6 Å². The molecule has 6 nitrogen and oxygen atoms in total. The molecule has 132 valence electrons. The summed E-state index contributed by atoms with van der Waals surface area (Å²) in [5, 5.41) is 2.48. The summed E-state index contributed by atoms with van der Waals surface area (Å²) in [4.78, 5) is 30.4. The van der Waals surface area contributed by atoms with Crippen molar-refractivity contribution in [3.05, 3.63) is 51.9 Å². The molecule has 25 heavy (non-hydrogen) atoms. The molecule has 3 rings (SSSR count). The highest BCUT2D eigenvalue weighted by Crippen LogP contribution is 2.18. The molecule has 1 fully saturated rings. The average Bonchev–Trinajstić information content (AvgIpc) is 3.24. The third-order valence-electron chi connectivity index (χ3n) is 4.02.